The number of aliphatic carboxylic acids is 1. The third kappa shape index (κ3) is 7.28. The van der Waals surface area contributed by atoms with Crippen LogP contribution in [0.4, 0.5) is 0 Å². The number of aryl methyl sites for hydroxylation is 1. The number of nitrogens with one attached hydrogen (secondary N) is 2. The molecule has 0 saturated carbocycles. The van der Waals surface area contributed by atoms with Crippen molar-refractivity contribution >= 4 is 17.8 Å². The summed E-state index contributed by atoms with van der Waals surface area (Å²) in [7, 11) is 2.68. The number of ether oxygens (including phenoxy) is 2. The third-order valence-corrected chi connectivity index (χ3v) is 4.83. The molecule has 0 aromatic heterocycles. The molecular formula is C23H28N2O7. The molecule has 0 saturated heterocycles. The maximum absolute atomic E-state index is 12.8. The van der Waals surface area contributed by atoms with Crippen LogP contribution in [0.25, 0.3) is 0 Å². The first-order chi connectivity index (χ1) is 15.3. The number of carbonyl (C=O) groups excluding carboxylic acids is 2. The van der Waals surface area contributed by atoms with Crippen LogP contribution in [-0.4, -0.2) is 54.9 Å². The van der Waals surface area contributed by atoms with Gasteiger partial charge in [-0.2, -0.15) is 0 Å². The lowest BCUT2D eigenvalue weighted by Gasteiger charge is -2.21. The van der Waals surface area contributed by atoms with Crippen molar-refractivity contribution in [3.8, 4) is 11.5 Å². The molecule has 172 valence electrons. The van der Waals surface area contributed by atoms with Gasteiger partial charge in [0.2, 0.25) is 5.91 Å². The fourth-order valence-electron chi connectivity index (χ4n) is 3.16. The molecule has 4 N–H and O–H groups in total. The van der Waals surface area contributed by atoms with Gasteiger partial charge in [0.05, 0.1) is 26.7 Å². The molecule has 2 aromatic carbocycles. The predicted molar refractivity (Wildman–Crippen MR) is 116 cm³/mol. The Morgan fingerprint density at radius 1 is 1.06 bits per heavy atom. The molecule has 0 spiro atoms. The Balaban J connectivity index is 1.99. The van der Waals surface area contributed by atoms with Crippen molar-refractivity contribution in [2.75, 3.05) is 20.8 Å². The van der Waals surface area contributed by atoms with Gasteiger partial charge >= 0.3 is 11.9 Å². The van der Waals surface area contributed by atoms with Gasteiger partial charge < -0.3 is 30.3 Å². The number of esters is 1. The Labute approximate surface area is 186 Å². The molecule has 0 aliphatic rings. The average Bonchev–Trinajstić information content (AvgIpc) is 2.80. The number of carboxylic acid groups (broad SMARTS) is 1. The zero-order valence-corrected chi connectivity index (χ0v) is 18.0. The molecule has 9 nitrogen and oxygen atoms in total. The second kappa shape index (κ2) is 12.3. The predicted octanol–water partition coefficient (Wildman–Crippen LogP) is 1.80. The van der Waals surface area contributed by atoms with E-state index < -0.39 is 36.4 Å². The highest BCUT2D eigenvalue weighted by Gasteiger charge is 2.28. The first-order valence-corrected chi connectivity index (χ1v) is 10.1. The SMILES string of the molecule is COC(=O)[C@H](NC(=O)[C@@H](CC(=O)O)NCCCc1ccc(O)c(OC)c1)c1ccccc1. The van der Waals surface area contributed by atoms with Gasteiger partial charge in [-0.05, 0) is 42.6 Å². The number of benzene rings is 2. The number of hydrogen-bond acceptors (Lipinski definition) is 7. The molecule has 0 heterocycles. The lowest BCUT2D eigenvalue weighted by atomic mass is 10.1. The molecule has 2 rings (SSSR count). The minimum atomic E-state index is -1.14. The summed E-state index contributed by atoms with van der Waals surface area (Å²) in [5.74, 6) is -1.99. The van der Waals surface area contributed by atoms with Crippen molar-refractivity contribution in [3.63, 3.8) is 0 Å². The van der Waals surface area contributed by atoms with Gasteiger partial charge in [0, 0.05) is 0 Å². The molecule has 1 amide bonds. The molecular weight excluding hydrogens is 416 g/mol. The Kier molecular flexibility index (Phi) is 9.49. The minimum absolute atomic E-state index is 0.0474. The van der Waals surface area contributed by atoms with Gasteiger partial charge in [-0.1, -0.05) is 36.4 Å². The van der Waals surface area contributed by atoms with Gasteiger partial charge in [0.15, 0.2) is 17.5 Å². The van der Waals surface area contributed by atoms with Crippen LogP contribution < -0.4 is 15.4 Å². The fraction of sp³-hybridized carbons (Fsp3) is 0.348. The number of phenolic OH excluding ortho intramolecular Hbond substituents is 1. The largest absolute Gasteiger partial charge is 0.504 e. The lowest BCUT2D eigenvalue weighted by Crippen LogP contribution is -2.48. The van der Waals surface area contributed by atoms with E-state index in [1.54, 1.807) is 48.5 Å². The fourth-order valence-corrected chi connectivity index (χ4v) is 3.16. The van der Waals surface area contributed by atoms with Crippen LogP contribution in [0, 0.1) is 0 Å². The summed E-state index contributed by atoms with van der Waals surface area (Å²) in [6.45, 7) is 0.364. The summed E-state index contributed by atoms with van der Waals surface area (Å²) in [6.07, 6.45) is 0.790. The zero-order chi connectivity index (χ0) is 23.5. The van der Waals surface area contributed by atoms with Crippen LogP contribution in [0.2, 0.25) is 0 Å². The van der Waals surface area contributed by atoms with E-state index in [2.05, 4.69) is 10.6 Å². The molecule has 2 atom stereocenters. The monoisotopic (exact) mass is 444 g/mol. The normalized spacial score (nSPS) is 12.4. The quantitative estimate of drug-likeness (QED) is 0.288. The van der Waals surface area contributed by atoms with Crippen LogP contribution in [-0.2, 0) is 25.5 Å². The number of amides is 1. The molecule has 32 heavy (non-hydrogen) atoms. The number of hydrogen-bond donors (Lipinski definition) is 4. The summed E-state index contributed by atoms with van der Waals surface area (Å²) in [5, 5.41) is 24.4. The van der Waals surface area contributed by atoms with Crippen molar-refractivity contribution in [3.05, 3.63) is 59.7 Å². The highest BCUT2D eigenvalue weighted by atomic mass is 16.5. The molecule has 0 aliphatic carbocycles. The van der Waals surface area contributed by atoms with Crippen LogP contribution in [0.15, 0.2) is 48.5 Å². The number of phenols is 1. The number of carbonyl (C=O) groups is 3. The van der Waals surface area contributed by atoms with E-state index in [-0.39, 0.29) is 5.75 Å². The third-order valence-electron chi connectivity index (χ3n) is 4.83. The van der Waals surface area contributed by atoms with E-state index in [9.17, 15) is 24.6 Å². The number of carboxylic acids is 1. The maximum Gasteiger partial charge on any atom is 0.333 e. The van der Waals surface area contributed by atoms with Gasteiger partial charge in [-0.15, -0.1) is 0 Å². The average molecular weight is 444 g/mol. The minimum Gasteiger partial charge on any atom is -0.504 e. The summed E-state index contributed by atoms with van der Waals surface area (Å²) in [6, 6.07) is 11.5. The molecule has 0 fully saturated rings. The number of rotatable bonds is 12. The lowest BCUT2D eigenvalue weighted by molar-refractivity contribution is -0.145. The van der Waals surface area contributed by atoms with Gasteiger partial charge in [-0.3, -0.25) is 9.59 Å². The van der Waals surface area contributed by atoms with Crippen molar-refractivity contribution in [2.45, 2.75) is 31.3 Å². The smallest absolute Gasteiger partial charge is 0.333 e. The first kappa shape index (κ1) is 24.7. The van der Waals surface area contributed by atoms with Crippen LogP contribution in [0.3, 0.4) is 0 Å². The topological polar surface area (TPSA) is 134 Å². The standard InChI is InChI=1S/C23H28N2O7/c1-31-19-13-15(10-11-18(19)26)7-6-12-24-17(14-20(27)28)22(29)25-21(23(30)32-2)16-8-4-3-5-9-16/h3-5,8-11,13,17,21,24,26H,6-7,12,14H2,1-2H3,(H,25,29)(H,27,28)/t17-,21-/m1/s1. The Bertz CT molecular complexity index is 918. The van der Waals surface area contributed by atoms with Crippen molar-refractivity contribution in [1.82, 2.24) is 10.6 Å². The number of methoxy groups -OCH3 is 2. The second-order valence-corrected chi connectivity index (χ2v) is 7.09. The summed E-state index contributed by atoms with van der Waals surface area (Å²) < 4.78 is 9.87. The molecule has 0 radical (unpaired) electrons. The Morgan fingerprint density at radius 3 is 2.41 bits per heavy atom. The van der Waals surface area contributed by atoms with Crippen LogP contribution in [0.5, 0.6) is 11.5 Å². The van der Waals surface area contributed by atoms with E-state index >= 15 is 0 Å². The second-order valence-electron chi connectivity index (χ2n) is 7.09. The summed E-state index contributed by atoms with van der Waals surface area (Å²) >= 11 is 0. The molecule has 2 aromatic rings. The van der Waals surface area contributed by atoms with Crippen molar-refractivity contribution in [2.24, 2.45) is 0 Å². The molecule has 0 aliphatic heterocycles. The molecule has 9 heteroatoms. The van der Waals surface area contributed by atoms with Gasteiger partial charge in [-0.25, -0.2) is 4.79 Å². The summed E-state index contributed by atoms with van der Waals surface area (Å²) in [4.78, 5) is 36.2. The van der Waals surface area contributed by atoms with Crippen molar-refractivity contribution < 1.29 is 34.1 Å². The van der Waals surface area contributed by atoms with E-state index in [1.807, 2.05) is 0 Å². The first-order valence-electron chi connectivity index (χ1n) is 10.1. The van der Waals surface area contributed by atoms with E-state index in [0.717, 1.165) is 5.56 Å². The number of aromatic hydroxyl groups is 1. The molecule has 0 bridgehead atoms. The highest BCUT2D eigenvalue weighted by Crippen LogP contribution is 2.26. The van der Waals surface area contributed by atoms with E-state index in [4.69, 9.17) is 9.47 Å². The Morgan fingerprint density at radius 2 is 1.78 bits per heavy atom. The van der Waals surface area contributed by atoms with E-state index in [1.165, 1.54) is 14.2 Å². The van der Waals surface area contributed by atoms with Crippen LogP contribution in [0.1, 0.15) is 30.0 Å². The summed E-state index contributed by atoms with van der Waals surface area (Å²) in [5.41, 5.74) is 1.46. The van der Waals surface area contributed by atoms with Gasteiger partial charge in [0.25, 0.3) is 0 Å². The van der Waals surface area contributed by atoms with Crippen LogP contribution >= 0.6 is 0 Å². The maximum atomic E-state index is 12.8. The zero-order valence-electron chi connectivity index (χ0n) is 18.0. The van der Waals surface area contributed by atoms with E-state index in [0.29, 0.717) is 30.7 Å². The van der Waals surface area contributed by atoms with Gasteiger partial charge in [0.1, 0.15) is 0 Å². The van der Waals surface area contributed by atoms with Crippen molar-refractivity contribution in [1.29, 1.82) is 0 Å². The highest BCUT2D eigenvalue weighted by molar-refractivity contribution is 5.90. The Hall–Kier alpha value is -3.59. The molecule has 0 unspecified atom stereocenters.